The summed E-state index contributed by atoms with van der Waals surface area (Å²) in [5, 5.41) is 14.4. The minimum atomic E-state index is -0.382. The van der Waals surface area contributed by atoms with Gasteiger partial charge in [0, 0.05) is 19.6 Å². The molecule has 1 fully saturated rings. The van der Waals surface area contributed by atoms with E-state index in [9.17, 15) is 10.1 Å². The lowest BCUT2D eigenvalue weighted by Gasteiger charge is -2.18. The zero-order valence-electron chi connectivity index (χ0n) is 12.0. The third kappa shape index (κ3) is 2.97. The molecule has 1 aliphatic heterocycles. The standard InChI is InChI=1S/C13H21N5O2/c1-3-6-14-12-11(18(19)20)13(16-9-15-12)17-7-5-10(4-2)8-17/h9-10H,3-8H2,1-2H3,(H,14,15,16). The van der Waals surface area contributed by atoms with Crippen molar-refractivity contribution < 1.29 is 4.92 Å². The van der Waals surface area contributed by atoms with Gasteiger partial charge < -0.3 is 10.2 Å². The molecule has 0 aliphatic carbocycles. The molecule has 1 aromatic rings. The average Bonchev–Trinajstić information content (AvgIpc) is 2.93. The lowest BCUT2D eigenvalue weighted by molar-refractivity contribution is -0.383. The molecule has 0 spiro atoms. The molecule has 7 heteroatoms. The predicted molar refractivity (Wildman–Crippen MR) is 78.1 cm³/mol. The second-order valence-corrected chi connectivity index (χ2v) is 5.09. The van der Waals surface area contributed by atoms with Crippen molar-refractivity contribution in [3.05, 3.63) is 16.4 Å². The van der Waals surface area contributed by atoms with Crippen LogP contribution in [-0.4, -0.2) is 34.5 Å². The van der Waals surface area contributed by atoms with Gasteiger partial charge in [-0.3, -0.25) is 10.1 Å². The molecule has 1 unspecified atom stereocenters. The molecule has 0 radical (unpaired) electrons. The summed E-state index contributed by atoms with van der Waals surface area (Å²) in [7, 11) is 0. The van der Waals surface area contributed by atoms with Crippen LogP contribution in [0.2, 0.25) is 0 Å². The molecule has 0 amide bonds. The van der Waals surface area contributed by atoms with Crippen LogP contribution in [0.4, 0.5) is 17.3 Å². The van der Waals surface area contributed by atoms with E-state index in [1.165, 1.54) is 6.33 Å². The van der Waals surface area contributed by atoms with Gasteiger partial charge in [-0.05, 0) is 18.8 Å². The van der Waals surface area contributed by atoms with Crippen LogP contribution in [0.15, 0.2) is 6.33 Å². The van der Waals surface area contributed by atoms with Gasteiger partial charge in [0.15, 0.2) is 0 Å². The van der Waals surface area contributed by atoms with E-state index in [-0.39, 0.29) is 10.6 Å². The monoisotopic (exact) mass is 279 g/mol. The Hall–Kier alpha value is -1.92. The van der Waals surface area contributed by atoms with Gasteiger partial charge >= 0.3 is 5.69 Å². The number of nitrogens with one attached hydrogen (secondary N) is 1. The SMILES string of the molecule is CCCNc1ncnc(N2CCC(CC)C2)c1[N+](=O)[O-]. The highest BCUT2D eigenvalue weighted by atomic mass is 16.6. The van der Waals surface area contributed by atoms with E-state index in [1.807, 2.05) is 11.8 Å². The molecule has 20 heavy (non-hydrogen) atoms. The molecular weight excluding hydrogens is 258 g/mol. The summed E-state index contributed by atoms with van der Waals surface area (Å²) in [4.78, 5) is 21.2. The number of hydrogen-bond donors (Lipinski definition) is 1. The third-order valence-corrected chi connectivity index (χ3v) is 3.69. The van der Waals surface area contributed by atoms with Crippen molar-refractivity contribution >= 4 is 17.3 Å². The van der Waals surface area contributed by atoms with Crippen molar-refractivity contribution in [3.63, 3.8) is 0 Å². The largest absolute Gasteiger partial charge is 0.364 e. The van der Waals surface area contributed by atoms with Gasteiger partial charge in [-0.15, -0.1) is 0 Å². The average molecular weight is 279 g/mol. The van der Waals surface area contributed by atoms with Crippen LogP contribution >= 0.6 is 0 Å². The fraction of sp³-hybridized carbons (Fsp3) is 0.692. The Balaban J connectivity index is 2.30. The maximum absolute atomic E-state index is 11.4. The van der Waals surface area contributed by atoms with Crippen molar-refractivity contribution in [2.45, 2.75) is 33.1 Å². The van der Waals surface area contributed by atoms with E-state index >= 15 is 0 Å². The Kier molecular flexibility index (Phi) is 4.70. The van der Waals surface area contributed by atoms with Gasteiger partial charge in [0.2, 0.25) is 11.6 Å². The summed E-state index contributed by atoms with van der Waals surface area (Å²) >= 11 is 0. The van der Waals surface area contributed by atoms with Crippen LogP contribution in [0.3, 0.4) is 0 Å². The van der Waals surface area contributed by atoms with Crippen molar-refractivity contribution in [3.8, 4) is 0 Å². The van der Waals surface area contributed by atoms with E-state index in [2.05, 4.69) is 22.2 Å². The van der Waals surface area contributed by atoms with Crippen LogP contribution in [0.5, 0.6) is 0 Å². The van der Waals surface area contributed by atoms with Crippen molar-refractivity contribution in [1.82, 2.24) is 9.97 Å². The van der Waals surface area contributed by atoms with Gasteiger partial charge in [0.1, 0.15) is 6.33 Å². The van der Waals surface area contributed by atoms with E-state index < -0.39 is 0 Å². The Morgan fingerprint density at radius 1 is 1.50 bits per heavy atom. The number of anilines is 2. The Morgan fingerprint density at radius 2 is 2.30 bits per heavy atom. The molecule has 0 aromatic carbocycles. The topological polar surface area (TPSA) is 84.2 Å². The van der Waals surface area contributed by atoms with Gasteiger partial charge in [-0.2, -0.15) is 0 Å². The van der Waals surface area contributed by atoms with Gasteiger partial charge in [0.05, 0.1) is 4.92 Å². The molecule has 1 aromatic heterocycles. The molecule has 110 valence electrons. The number of nitro groups is 1. The number of aromatic nitrogens is 2. The molecule has 7 nitrogen and oxygen atoms in total. The van der Waals surface area contributed by atoms with Crippen molar-refractivity contribution in [2.24, 2.45) is 5.92 Å². The molecular formula is C13H21N5O2. The second-order valence-electron chi connectivity index (χ2n) is 5.09. The molecule has 1 atom stereocenters. The van der Waals surface area contributed by atoms with Gasteiger partial charge in [0.25, 0.3) is 0 Å². The number of rotatable bonds is 6. The Morgan fingerprint density at radius 3 is 2.90 bits per heavy atom. The highest BCUT2D eigenvalue weighted by molar-refractivity contribution is 5.70. The quantitative estimate of drug-likeness (QED) is 0.636. The lowest BCUT2D eigenvalue weighted by Crippen LogP contribution is -2.22. The Labute approximate surface area is 118 Å². The van der Waals surface area contributed by atoms with E-state index in [0.29, 0.717) is 24.1 Å². The van der Waals surface area contributed by atoms with Crippen molar-refractivity contribution in [2.75, 3.05) is 29.9 Å². The highest BCUT2D eigenvalue weighted by Gasteiger charge is 2.31. The first-order valence-corrected chi connectivity index (χ1v) is 7.15. The molecule has 0 saturated carbocycles. The molecule has 1 N–H and O–H groups in total. The fourth-order valence-electron chi connectivity index (χ4n) is 2.50. The predicted octanol–water partition coefficient (Wildman–Crippen LogP) is 2.44. The van der Waals surface area contributed by atoms with Crippen LogP contribution in [0.25, 0.3) is 0 Å². The molecule has 2 heterocycles. The summed E-state index contributed by atoms with van der Waals surface area (Å²) in [6.07, 6.45) is 4.45. The first-order chi connectivity index (χ1) is 9.67. The molecule has 2 rings (SSSR count). The maximum Gasteiger partial charge on any atom is 0.353 e. The van der Waals surface area contributed by atoms with Gasteiger partial charge in [-0.1, -0.05) is 20.3 Å². The minimum Gasteiger partial charge on any atom is -0.364 e. The normalized spacial score (nSPS) is 18.3. The lowest BCUT2D eigenvalue weighted by atomic mass is 10.1. The summed E-state index contributed by atoms with van der Waals surface area (Å²) in [6.45, 7) is 6.48. The smallest absolute Gasteiger partial charge is 0.353 e. The highest BCUT2D eigenvalue weighted by Crippen LogP contribution is 2.34. The van der Waals surface area contributed by atoms with Crippen LogP contribution in [-0.2, 0) is 0 Å². The maximum atomic E-state index is 11.4. The zero-order valence-corrected chi connectivity index (χ0v) is 12.0. The van der Waals surface area contributed by atoms with Crippen molar-refractivity contribution in [1.29, 1.82) is 0 Å². The number of hydrogen-bond acceptors (Lipinski definition) is 6. The number of nitrogens with zero attached hydrogens (tertiary/aromatic N) is 4. The molecule has 1 aliphatic rings. The second kappa shape index (κ2) is 6.49. The molecule has 1 saturated heterocycles. The van der Waals surface area contributed by atoms with E-state index in [1.54, 1.807) is 0 Å². The Bertz CT molecular complexity index is 480. The minimum absolute atomic E-state index is 0.00213. The van der Waals surface area contributed by atoms with Crippen LogP contribution in [0, 0.1) is 16.0 Å². The van der Waals surface area contributed by atoms with Gasteiger partial charge in [-0.25, -0.2) is 9.97 Å². The first-order valence-electron chi connectivity index (χ1n) is 7.15. The zero-order chi connectivity index (χ0) is 14.5. The summed E-state index contributed by atoms with van der Waals surface area (Å²) in [5.74, 6) is 1.36. The summed E-state index contributed by atoms with van der Waals surface area (Å²) in [6, 6.07) is 0. The van der Waals surface area contributed by atoms with Crippen LogP contribution in [0.1, 0.15) is 33.1 Å². The first kappa shape index (κ1) is 14.5. The van der Waals surface area contributed by atoms with E-state index in [4.69, 9.17) is 0 Å². The molecule has 0 bridgehead atoms. The summed E-state index contributed by atoms with van der Waals surface area (Å²) in [5.41, 5.74) is -0.00213. The third-order valence-electron chi connectivity index (χ3n) is 3.69. The van der Waals surface area contributed by atoms with Crippen LogP contribution < -0.4 is 10.2 Å². The van der Waals surface area contributed by atoms with E-state index in [0.717, 1.165) is 32.4 Å². The fourth-order valence-corrected chi connectivity index (χ4v) is 2.50. The summed E-state index contributed by atoms with van der Waals surface area (Å²) < 4.78 is 0.